The van der Waals surface area contributed by atoms with Gasteiger partial charge in [-0.05, 0) is 24.1 Å². The van der Waals surface area contributed by atoms with Crippen molar-refractivity contribution in [3.05, 3.63) is 35.4 Å². The summed E-state index contributed by atoms with van der Waals surface area (Å²) < 4.78 is 42.1. The molecule has 0 saturated heterocycles. The molecular weight excluding hydrogens is 287 g/mol. The van der Waals surface area contributed by atoms with Crippen LogP contribution in [0, 0.1) is 0 Å². The Balaban J connectivity index is 2.58. The number of hydrogen-bond acceptors (Lipinski definition) is 3. The third-order valence-corrected chi connectivity index (χ3v) is 2.86. The minimum Gasteiger partial charge on any atom is -0.396 e. The van der Waals surface area contributed by atoms with Gasteiger partial charge < -0.3 is 15.2 Å². The molecule has 1 unspecified atom stereocenters. The maximum Gasteiger partial charge on any atom is 0.416 e. The van der Waals surface area contributed by atoms with Crippen molar-refractivity contribution in [2.45, 2.75) is 25.1 Å². The van der Waals surface area contributed by atoms with Gasteiger partial charge in [-0.25, -0.2) is 0 Å². The lowest BCUT2D eigenvalue weighted by Crippen LogP contribution is -2.39. The van der Waals surface area contributed by atoms with E-state index in [1.807, 2.05) is 0 Å². The molecule has 0 fully saturated rings. The Bertz CT molecular complexity index is 440. The van der Waals surface area contributed by atoms with E-state index in [1.165, 1.54) is 19.2 Å². The number of carbonyl (C=O) groups is 1. The maximum atomic E-state index is 12.4. The van der Waals surface area contributed by atoms with Crippen LogP contribution in [-0.4, -0.2) is 37.4 Å². The number of benzene rings is 1. The fourth-order valence-electron chi connectivity index (χ4n) is 1.83. The first-order valence-corrected chi connectivity index (χ1v) is 6.42. The van der Waals surface area contributed by atoms with Crippen molar-refractivity contribution in [3.63, 3.8) is 0 Å². The Labute approximate surface area is 120 Å². The number of methoxy groups -OCH3 is 1. The predicted octanol–water partition coefficient (Wildman–Crippen LogP) is 1.76. The predicted molar refractivity (Wildman–Crippen MR) is 70.7 cm³/mol. The Kier molecular flexibility index (Phi) is 6.64. The van der Waals surface area contributed by atoms with Gasteiger partial charge in [0.15, 0.2) is 0 Å². The van der Waals surface area contributed by atoms with Gasteiger partial charge in [0, 0.05) is 13.7 Å². The molecule has 0 radical (unpaired) electrons. The summed E-state index contributed by atoms with van der Waals surface area (Å²) in [6.07, 6.45) is -4.05. The lowest BCUT2D eigenvalue weighted by molar-refractivity contribution is -0.137. The molecule has 21 heavy (non-hydrogen) atoms. The van der Waals surface area contributed by atoms with Crippen LogP contribution in [0.25, 0.3) is 0 Å². The molecule has 1 amide bonds. The fourth-order valence-corrected chi connectivity index (χ4v) is 1.83. The van der Waals surface area contributed by atoms with Gasteiger partial charge in [0.25, 0.3) is 0 Å². The second-order valence-electron chi connectivity index (χ2n) is 4.60. The minimum atomic E-state index is -4.38. The van der Waals surface area contributed by atoms with E-state index in [9.17, 15) is 18.0 Å². The first kappa shape index (κ1) is 17.5. The Morgan fingerprint density at radius 1 is 1.33 bits per heavy atom. The highest BCUT2D eigenvalue weighted by Gasteiger charge is 2.29. The molecule has 1 aromatic carbocycles. The van der Waals surface area contributed by atoms with E-state index < -0.39 is 11.7 Å². The number of nitrogens with one attached hydrogen (secondary N) is 1. The number of ether oxygens (including phenoxy) is 1. The van der Waals surface area contributed by atoms with E-state index in [0.717, 1.165) is 12.1 Å². The summed E-state index contributed by atoms with van der Waals surface area (Å²) in [5, 5.41) is 11.5. The van der Waals surface area contributed by atoms with Crippen molar-refractivity contribution < 1.29 is 27.8 Å². The smallest absolute Gasteiger partial charge is 0.396 e. The average Bonchev–Trinajstić information content (AvgIpc) is 2.38. The summed E-state index contributed by atoms with van der Waals surface area (Å²) in [4.78, 5) is 11.8. The van der Waals surface area contributed by atoms with Crippen LogP contribution in [0.2, 0.25) is 0 Å². The number of rotatable bonds is 7. The zero-order valence-electron chi connectivity index (χ0n) is 11.6. The van der Waals surface area contributed by atoms with Crippen LogP contribution in [0.15, 0.2) is 24.3 Å². The molecule has 1 aromatic rings. The number of alkyl halides is 3. The quantitative estimate of drug-likeness (QED) is 0.807. The molecule has 118 valence electrons. The molecule has 0 aliphatic rings. The second kappa shape index (κ2) is 7.99. The van der Waals surface area contributed by atoms with Gasteiger partial charge in [-0.15, -0.1) is 0 Å². The lowest BCUT2D eigenvalue weighted by Gasteiger charge is -2.17. The number of carbonyl (C=O) groups excluding carboxylic acids is 1. The molecule has 0 saturated carbocycles. The van der Waals surface area contributed by atoms with Gasteiger partial charge >= 0.3 is 6.18 Å². The highest BCUT2D eigenvalue weighted by molar-refractivity contribution is 5.78. The van der Waals surface area contributed by atoms with Crippen molar-refractivity contribution in [3.8, 4) is 0 Å². The van der Waals surface area contributed by atoms with E-state index in [4.69, 9.17) is 9.84 Å². The zero-order valence-corrected chi connectivity index (χ0v) is 11.6. The van der Waals surface area contributed by atoms with Gasteiger partial charge in [0.2, 0.25) is 5.91 Å². The van der Waals surface area contributed by atoms with Crippen molar-refractivity contribution in [1.82, 2.24) is 5.32 Å². The third-order valence-electron chi connectivity index (χ3n) is 2.86. The molecule has 7 heteroatoms. The summed E-state index contributed by atoms with van der Waals surface area (Å²) >= 11 is 0. The summed E-state index contributed by atoms with van der Waals surface area (Å²) in [6.45, 7) is 0.175. The normalized spacial score (nSPS) is 13.0. The van der Waals surface area contributed by atoms with Gasteiger partial charge in [0.1, 0.15) is 0 Å². The van der Waals surface area contributed by atoms with Gasteiger partial charge in [-0.2, -0.15) is 13.2 Å². The minimum absolute atomic E-state index is 0.0240. The van der Waals surface area contributed by atoms with Crippen LogP contribution in [-0.2, 0) is 22.1 Å². The van der Waals surface area contributed by atoms with Crippen molar-refractivity contribution in [2.24, 2.45) is 0 Å². The van der Waals surface area contributed by atoms with E-state index in [-0.39, 0.29) is 31.6 Å². The van der Waals surface area contributed by atoms with Crippen LogP contribution in [0.4, 0.5) is 13.2 Å². The van der Waals surface area contributed by atoms with Crippen LogP contribution < -0.4 is 5.32 Å². The molecule has 0 aliphatic carbocycles. The average molecular weight is 305 g/mol. The molecule has 0 aliphatic heterocycles. The number of aliphatic hydroxyl groups is 1. The molecular formula is C14H18F3NO3. The van der Waals surface area contributed by atoms with Gasteiger partial charge in [-0.3, -0.25) is 4.79 Å². The summed E-state index contributed by atoms with van der Waals surface area (Å²) in [5.74, 6) is -0.328. The largest absolute Gasteiger partial charge is 0.416 e. The van der Waals surface area contributed by atoms with Crippen LogP contribution in [0.1, 0.15) is 17.5 Å². The van der Waals surface area contributed by atoms with Crippen LogP contribution in [0.3, 0.4) is 0 Å². The molecule has 0 bridgehead atoms. The third kappa shape index (κ3) is 6.14. The highest BCUT2D eigenvalue weighted by atomic mass is 19.4. The molecule has 0 spiro atoms. The van der Waals surface area contributed by atoms with E-state index >= 15 is 0 Å². The van der Waals surface area contributed by atoms with E-state index in [1.54, 1.807) is 0 Å². The first-order valence-electron chi connectivity index (χ1n) is 6.42. The maximum absolute atomic E-state index is 12.4. The van der Waals surface area contributed by atoms with E-state index in [0.29, 0.717) is 12.0 Å². The fraction of sp³-hybridized carbons (Fsp3) is 0.500. The first-order chi connectivity index (χ1) is 9.86. The standard InChI is InChI=1S/C14H18F3NO3/c1-21-9-12(6-7-19)18-13(20)8-10-2-4-11(5-3-10)14(15,16)17/h2-5,12,19H,6-9H2,1H3,(H,18,20). The van der Waals surface area contributed by atoms with Crippen molar-refractivity contribution in [1.29, 1.82) is 0 Å². The van der Waals surface area contributed by atoms with E-state index in [2.05, 4.69) is 5.32 Å². The zero-order chi connectivity index (χ0) is 15.9. The molecule has 2 N–H and O–H groups in total. The van der Waals surface area contributed by atoms with Gasteiger partial charge in [-0.1, -0.05) is 12.1 Å². The monoisotopic (exact) mass is 305 g/mol. The topological polar surface area (TPSA) is 58.6 Å². The molecule has 0 heterocycles. The Morgan fingerprint density at radius 2 is 1.95 bits per heavy atom. The number of aliphatic hydroxyl groups excluding tert-OH is 1. The summed E-state index contributed by atoms with van der Waals surface area (Å²) in [5.41, 5.74) is -0.259. The summed E-state index contributed by atoms with van der Waals surface area (Å²) in [7, 11) is 1.48. The summed E-state index contributed by atoms with van der Waals surface area (Å²) in [6, 6.07) is 4.13. The van der Waals surface area contributed by atoms with Crippen molar-refractivity contribution in [2.75, 3.05) is 20.3 Å². The molecule has 0 aromatic heterocycles. The Morgan fingerprint density at radius 3 is 2.43 bits per heavy atom. The molecule has 1 atom stereocenters. The number of amides is 1. The number of halogens is 3. The Hall–Kier alpha value is -1.60. The molecule has 1 rings (SSSR count). The SMILES string of the molecule is COCC(CCO)NC(=O)Cc1ccc(C(F)(F)F)cc1. The lowest BCUT2D eigenvalue weighted by atomic mass is 10.1. The number of hydrogen-bond donors (Lipinski definition) is 2. The van der Waals surface area contributed by atoms with Crippen molar-refractivity contribution >= 4 is 5.91 Å². The van der Waals surface area contributed by atoms with Crippen LogP contribution in [0.5, 0.6) is 0 Å². The second-order valence-corrected chi connectivity index (χ2v) is 4.60. The van der Waals surface area contributed by atoms with Crippen LogP contribution >= 0.6 is 0 Å². The highest BCUT2D eigenvalue weighted by Crippen LogP contribution is 2.29. The van der Waals surface area contributed by atoms with Gasteiger partial charge in [0.05, 0.1) is 24.6 Å². The molecule has 4 nitrogen and oxygen atoms in total.